The molecule has 2 aliphatic heterocycles. The van der Waals surface area contributed by atoms with Gasteiger partial charge >= 0.3 is 5.97 Å². The Balaban J connectivity index is 1.84. The summed E-state index contributed by atoms with van der Waals surface area (Å²) < 4.78 is 11.2. The second-order valence-corrected chi connectivity index (χ2v) is 6.98. The molecular weight excluding hydrogens is 306 g/mol. The normalized spacial score (nSPS) is 29.0. The first-order valence-electron chi connectivity index (χ1n) is 8.43. The number of rotatable bonds is 1. The molecule has 1 aromatic carbocycles. The number of hydrogen-bond acceptors (Lipinski definition) is 4. The lowest BCUT2D eigenvalue weighted by molar-refractivity contribution is -0.140. The molecular formula is C19H21NO4. The summed E-state index contributed by atoms with van der Waals surface area (Å²) in [6.07, 6.45) is 3.56. The van der Waals surface area contributed by atoms with Gasteiger partial charge < -0.3 is 14.8 Å². The summed E-state index contributed by atoms with van der Waals surface area (Å²) in [6, 6.07) is 5.83. The van der Waals surface area contributed by atoms with Crippen LogP contribution >= 0.6 is 0 Å². The van der Waals surface area contributed by atoms with E-state index in [-0.39, 0.29) is 24.4 Å². The van der Waals surface area contributed by atoms with Crippen LogP contribution in [0.4, 0.5) is 0 Å². The fourth-order valence-corrected chi connectivity index (χ4v) is 4.11. The highest BCUT2D eigenvalue weighted by atomic mass is 16.5. The third-order valence-corrected chi connectivity index (χ3v) is 5.50. The molecule has 3 aliphatic rings. The lowest BCUT2D eigenvalue weighted by Crippen LogP contribution is -2.49. The van der Waals surface area contributed by atoms with Gasteiger partial charge in [-0.25, -0.2) is 0 Å². The van der Waals surface area contributed by atoms with E-state index in [1.54, 1.807) is 7.11 Å². The van der Waals surface area contributed by atoms with Crippen LogP contribution < -0.4 is 5.32 Å². The maximum atomic E-state index is 12.8. The van der Waals surface area contributed by atoms with E-state index in [0.717, 1.165) is 42.4 Å². The van der Waals surface area contributed by atoms with Gasteiger partial charge in [-0.3, -0.25) is 9.59 Å². The molecule has 1 aromatic rings. The zero-order valence-electron chi connectivity index (χ0n) is 14.0. The minimum absolute atomic E-state index is 0.143. The summed E-state index contributed by atoms with van der Waals surface area (Å²) >= 11 is 0. The zero-order valence-corrected chi connectivity index (χ0v) is 14.0. The third kappa shape index (κ3) is 2.26. The van der Waals surface area contributed by atoms with Crippen LogP contribution in [0.25, 0.3) is 5.57 Å². The molecule has 2 bridgehead atoms. The van der Waals surface area contributed by atoms with Crippen molar-refractivity contribution in [1.29, 1.82) is 0 Å². The second kappa shape index (κ2) is 5.45. The quantitative estimate of drug-likeness (QED) is 0.804. The topological polar surface area (TPSA) is 64.6 Å². The fraction of sp³-hybridized carbons (Fsp3) is 0.474. The van der Waals surface area contributed by atoms with E-state index in [4.69, 9.17) is 9.47 Å². The van der Waals surface area contributed by atoms with Gasteiger partial charge in [-0.2, -0.15) is 0 Å². The number of hydrogen-bond donors (Lipinski definition) is 1. The van der Waals surface area contributed by atoms with Gasteiger partial charge in [0.2, 0.25) is 0 Å². The number of nitrogens with one attached hydrogen (secondary N) is 1. The van der Waals surface area contributed by atoms with E-state index in [1.165, 1.54) is 0 Å². The van der Waals surface area contributed by atoms with Gasteiger partial charge in [0.05, 0.1) is 23.6 Å². The Labute approximate surface area is 141 Å². The van der Waals surface area contributed by atoms with Crippen LogP contribution in [0.2, 0.25) is 0 Å². The molecule has 0 saturated heterocycles. The van der Waals surface area contributed by atoms with Crippen molar-refractivity contribution in [2.24, 2.45) is 0 Å². The number of ether oxygens (including phenoxy) is 2. The van der Waals surface area contributed by atoms with Crippen LogP contribution in [0.5, 0.6) is 0 Å². The summed E-state index contributed by atoms with van der Waals surface area (Å²) in [6.45, 7) is 1.98. The van der Waals surface area contributed by atoms with Gasteiger partial charge in [-0.05, 0) is 55.4 Å². The predicted octanol–water partition coefficient (Wildman–Crippen LogP) is 2.26. The maximum Gasteiger partial charge on any atom is 0.315 e. The summed E-state index contributed by atoms with van der Waals surface area (Å²) in [5.74, 6) is 0.0737. The van der Waals surface area contributed by atoms with Crippen molar-refractivity contribution in [3.8, 4) is 0 Å². The Morgan fingerprint density at radius 2 is 2.00 bits per heavy atom. The van der Waals surface area contributed by atoms with E-state index >= 15 is 0 Å². The Hall–Kier alpha value is -2.14. The van der Waals surface area contributed by atoms with Crippen LogP contribution in [0, 0.1) is 6.92 Å². The molecule has 5 nitrogen and oxygen atoms in total. The first-order chi connectivity index (χ1) is 11.5. The van der Waals surface area contributed by atoms with Crippen molar-refractivity contribution in [1.82, 2.24) is 5.32 Å². The Bertz CT molecular complexity index is 757. The first kappa shape index (κ1) is 15.4. The molecule has 24 heavy (non-hydrogen) atoms. The van der Waals surface area contributed by atoms with E-state index in [1.807, 2.05) is 25.1 Å². The number of esters is 1. The van der Waals surface area contributed by atoms with Crippen LogP contribution in [-0.4, -0.2) is 30.6 Å². The molecule has 0 atom stereocenters. The smallest absolute Gasteiger partial charge is 0.315 e. The van der Waals surface area contributed by atoms with Gasteiger partial charge in [0.15, 0.2) is 0 Å². The van der Waals surface area contributed by atoms with Crippen molar-refractivity contribution < 1.29 is 19.1 Å². The standard InChI is InChI=1S/C19H21NO4/c1-11-3-4-12-9-14(11)16-17(24-15(21)10-12)19(20-18(16)22)7-5-13(23-2)6-8-19/h3-4,9,13H,5-8,10H2,1-2H3,(H,20,22). The van der Waals surface area contributed by atoms with E-state index in [9.17, 15) is 9.59 Å². The van der Waals surface area contributed by atoms with Gasteiger partial charge in [0.1, 0.15) is 5.76 Å². The monoisotopic (exact) mass is 327 g/mol. The molecule has 1 N–H and O–H groups in total. The first-order valence-corrected chi connectivity index (χ1v) is 8.43. The Kier molecular flexibility index (Phi) is 3.49. The van der Waals surface area contributed by atoms with Crippen LogP contribution in [0.3, 0.4) is 0 Å². The Morgan fingerprint density at radius 1 is 1.25 bits per heavy atom. The molecule has 4 rings (SSSR count). The van der Waals surface area contributed by atoms with E-state index in [2.05, 4.69) is 5.32 Å². The highest BCUT2D eigenvalue weighted by Gasteiger charge is 2.50. The molecule has 1 fully saturated rings. The number of methoxy groups -OCH3 is 1. The third-order valence-electron chi connectivity index (χ3n) is 5.50. The number of fused-ring (bicyclic) bond motifs is 4. The summed E-state index contributed by atoms with van der Waals surface area (Å²) in [5.41, 5.74) is 2.72. The minimum atomic E-state index is -0.573. The van der Waals surface area contributed by atoms with Gasteiger partial charge in [-0.15, -0.1) is 0 Å². The number of amides is 1. The van der Waals surface area contributed by atoms with E-state index < -0.39 is 5.54 Å². The van der Waals surface area contributed by atoms with Crippen LogP contribution in [0.15, 0.2) is 24.0 Å². The Morgan fingerprint density at radius 3 is 2.71 bits per heavy atom. The minimum Gasteiger partial charge on any atom is -0.427 e. The van der Waals surface area contributed by atoms with Gasteiger partial charge in [0, 0.05) is 7.11 Å². The zero-order chi connectivity index (χ0) is 16.9. The lowest BCUT2D eigenvalue weighted by atomic mass is 9.78. The predicted molar refractivity (Wildman–Crippen MR) is 88.0 cm³/mol. The molecule has 5 heteroatoms. The van der Waals surface area contributed by atoms with Crippen molar-refractivity contribution in [3.63, 3.8) is 0 Å². The largest absolute Gasteiger partial charge is 0.427 e. The van der Waals surface area contributed by atoms with Crippen molar-refractivity contribution in [2.45, 2.75) is 50.7 Å². The average Bonchev–Trinajstić information content (AvgIpc) is 2.80. The molecule has 0 unspecified atom stereocenters. The molecule has 0 radical (unpaired) electrons. The number of carbonyl (C=O) groups excluding carboxylic acids is 2. The van der Waals surface area contributed by atoms with Crippen molar-refractivity contribution >= 4 is 17.4 Å². The number of aryl methyl sites for hydroxylation is 1. The molecule has 126 valence electrons. The lowest BCUT2D eigenvalue weighted by Gasteiger charge is -2.38. The molecule has 1 aliphatic carbocycles. The highest BCUT2D eigenvalue weighted by Crippen LogP contribution is 2.45. The van der Waals surface area contributed by atoms with Crippen molar-refractivity contribution in [2.75, 3.05) is 7.11 Å². The van der Waals surface area contributed by atoms with E-state index in [0.29, 0.717) is 11.3 Å². The number of benzene rings is 1. The maximum absolute atomic E-state index is 12.8. The van der Waals surface area contributed by atoms with Gasteiger partial charge in [0.25, 0.3) is 5.91 Å². The molecule has 2 heterocycles. The molecule has 0 aromatic heterocycles. The average molecular weight is 327 g/mol. The molecule has 1 amide bonds. The van der Waals surface area contributed by atoms with Crippen LogP contribution in [-0.2, 0) is 25.5 Å². The molecule has 1 saturated carbocycles. The fourth-order valence-electron chi connectivity index (χ4n) is 4.11. The summed E-state index contributed by atoms with van der Waals surface area (Å²) in [5, 5.41) is 3.12. The molecule has 1 spiro atoms. The summed E-state index contributed by atoms with van der Waals surface area (Å²) in [7, 11) is 1.71. The van der Waals surface area contributed by atoms with Crippen LogP contribution in [0.1, 0.15) is 42.4 Å². The highest BCUT2D eigenvalue weighted by molar-refractivity contribution is 6.24. The second-order valence-electron chi connectivity index (χ2n) is 6.98. The number of carbonyl (C=O) groups is 2. The SMILES string of the molecule is COC1CCC2(CC1)NC(=O)C1=C2OC(=O)Cc2ccc(C)c1c2. The van der Waals surface area contributed by atoms with Gasteiger partial charge in [-0.1, -0.05) is 12.1 Å². The van der Waals surface area contributed by atoms with Crippen molar-refractivity contribution in [3.05, 3.63) is 40.6 Å². The summed E-state index contributed by atoms with van der Waals surface area (Å²) in [4.78, 5) is 25.1.